The van der Waals surface area contributed by atoms with Crippen molar-refractivity contribution in [3.05, 3.63) is 46.5 Å². The van der Waals surface area contributed by atoms with Crippen LogP contribution in [0.2, 0.25) is 0 Å². The van der Waals surface area contributed by atoms with E-state index in [0.717, 1.165) is 0 Å². The highest BCUT2D eigenvalue weighted by Gasteiger charge is 2.10. The molecule has 0 unspecified atom stereocenters. The molecular weight excluding hydrogens is 276 g/mol. The van der Waals surface area contributed by atoms with E-state index in [1.807, 2.05) is 6.07 Å². The van der Waals surface area contributed by atoms with Crippen LogP contribution in [0.3, 0.4) is 0 Å². The summed E-state index contributed by atoms with van der Waals surface area (Å²) in [4.78, 5) is 26.8. The van der Waals surface area contributed by atoms with E-state index < -0.39 is 5.91 Å². The van der Waals surface area contributed by atoms with Gasteiger partial charge in [-0.15, -0.1) is 11.3 Å². The number of thiazole rings is 1. The van der Waals surface area contributed by atoms with Gasteiger partial charge in [0, 0.05) is 10.9 Å². The largest absolute Gasteiger partial charge is 0.369 e. The van der Waals surface area contributed by atoms with E-state index in [2.05, 4.69) is 10.3 Å². The number of nitrogens with two attached hydrogens (primary N) is 1. The summed E-state index contributed by atoms with van der Waals surface area (Å²) in [5, 5.41) is 13.4. The minimum atomic E-state index is -0.477. The monoisotopic (exact) mass is 286 g/mol. The molecule has 0 fully saturated rings. The fraction of sp³-hybridized carbons (Fsp3) is 0.0769. The number of hydrogen-bond acceptors (Lipinski definition) is 5. The number of amides is 2. The van der Waals surface area contributed by atoms with Crippen LogP contribution in [0.15, 0.2) is 29.6 Å². The average Bonchev–Trinajstić information content (AvgIpc) is 2.85. The SMILES string of the molecule is N#Cc1cccc(C(=O)Nc2nc(CC(N)=O)cs2)c1. The van der Waals surface area contributed by atoms with Crippen molar-refractivity contribution in [2.45, 2.75) is 6.42 Å². The van der Waals surface area contributed by atoms with E-state index in [-0.39, 0.29) is 12.3 Å². The van der Waals surface area contributed by atoms with Crippen molar-refractivity contribution in [3.8, 4) is 6.07 Å². The maximum Gasteiger partial charge on any atom is 0.257 e. The van der Waals surface area contributed by atoms with Gasteiger partial charge >= 0.3 is 0 Å². The first-order chi connectivity index (χ1) is 9.58. The number of nitriles is 1. The van der Waals surface area contributed by atoms with Gasteiger partial charge in [-0.25, -0.2) is 4.98 Å². The molecule has 6 nitrogen and oxygen atoms in total. The third-order valence-electron chi connectivity index (χ3n) is 2.38. The second kappa shape index (κ2) is 5.95. The van der Waals surface area contributed by atoms with Crippen LogP contribution >= 0.6 is 11.3 Å². The van der Waals surface area contributed by atoms with Gasteiger partial charge in [0.25, 0.3) is 5.91 Å². The Morgan fingerprint density at radius 2 is 2.25 bits per heavy atom. The Bertz CT molecular complexity index is 702. The molecule has 7 heteroatoms. The first kappa shape index (κ1) is 13.7. The highest BCUT2D eigenvalue weighted by Crippen LogP contribution is 2.17. The number of rotatable bonds is 4. The van der Waals surface area contributed by atoms with E-state index in [1.54, 1.807) is 23.6 Å². The Balaban J connectivity index is 2.09. The summed E-state index contributed by atoms with van der Waals surface area (Å²) < 4.78 is 0. The Kier molecular flexibility index (Phi) is 4.08. The predicted molar refractivity (Wildman–Crippen MR) is 74.1 cm³/mol. The zero-order valence-electron chi connectivity index (χ0n) is 10.3. The summed E-state index contributed by atoms with van der Waals surface area (Å²) in [6.07, 6.45) is 0.0380. The van der Waals surface area contributed by atoms with E-state index in [0.29, 0.717) is 22.0 Å². The lowest BCUT2D eigenvalue weighted by molar-refractivity contribution is -0.117. The molecular formula is C13H10N4O2S. The lowest BCUT2D eigenvalue weighted by Crippen LogP contribution is -2.14. The van der Waals surface area contributed by atoms with Crippen molar-refractivity contribution in [1.29, 1.82) is 5.26 Å². The van der Waals surface area contributed by atoms with Crippen molar-refractivity contribution in [2.75, 3.05) is 5.32 Å². The molecule has 0 saturated carbocycles. The number of primary amides is 1. The number of hydrogen-bond donors (Lipinski definition) is 2. The number of nitrogens with zero attached hydrogens (tertiary/aromatic N) is 2. The molecule has 0 aliphatic carbocycles. The number of nitrogens with one attached hydrogen (secondary N) is 1. The molecule has 1 aromatic carbocycles. The Morgan fingerprint density at radius 3 is 2.95 bits per heavy atom. The maximum absolute atomic E-state index is 12.0. The summed E-state index contributed by atoms with van der Waals surface area (Å²) in [5.41, 5.74) is 6.36. The minimum absolute atomic E-state index is 0.0380. The van der Waals surface area contributed by atoms with Gasteiger partial charge in [-0.2, -0.15) is 5.26 Å². The molecule has 0 aliphatic rings. The number of aromatic nitrogens is 1. The highest BCUT2D eigenvalue weighted by atomic mass is 32.1. The Labute approximate surface area is 118 Å². The molecule has 1 heterocycles. The molecule has 0 spiro atoms. The molecule has 3 N–H and O–H groups in total. The van der Waals surface area contributed by atoms with Crippen LogP contribution in [0.5, 0.6) is 0 Å². The van der Waals surface area contributed by atoms with Crippen LogP contribution in [0, 0.1) is 11.3 Å². The van der Waals surface area contributed by atoms with Gasteiger partial charge in [0.2, 0.25) is 5.91 Å². The number of carbonyl (C=O) groups excluding carboxylic acids is 2. The summed E-state index contributed by atoms with van der Waals surface area (Å²) in [6.45, 7) is 0. The van der Waals surface area contributed by atoms with Gasteiger partial charge in [0.05, 0.1) is 23.7 Å². The Morgan fingerprint density at radius 1 is 1.45 bits per heavy atom. The third-order valence-corrected chi connectivity index (χ3v) is 3.19. The standard InChI is InChI=1S/C13H10N4O2S/c14-6-8-2-1-3-9(4-8)12(19)17-13-16-10(7-20-13)5-11(15)18/h1-4,7H,5H2,(H2,15,18)(H,16,17,19). The number of anilines is 1. The molecule has 20 heavy (non-hydrogen) atoms. The quantitative estimate of drug-likeness (QED) is 0.882. The predicted octanol–water partition coefficient (Wildman–Crippen LogP) is 1.29. The van der Waals surface area contributed by atoms with Gasteiger partial charge < -0.3 is 5.73 Å². The van der Waals surface area contributed by atoms with Crippen molar-refractivity contribution in [3.63, 3.8) is 0 Å². The average molecular weight is 286 g/mol. The normalized spacial score (nSPS) is 9.75. The van der Waals surface area contributed by atoms with Gasteiger partial charge in [0.15, 0.2) is 5.13 Å². The van der Waals surface area contributed by atoms with Crippen LogP contribution in [0.1, 0.15) is 21.6 Å². The van der Waals surface area contributed by atoms with Gasteiger partial charge in [-0.05, 0) is 18.2 Å². The topological polar surface area (TPSA) is 109 Å². The summed E-state index contributed by atoms with van der Waals surface area (Å²) in [7, 11) is 0. The number of benzene rings is 1. The second-order valence-corrected chi connectivity index (χ2v) is 4.79. The zero-order chi connectivity index (χ0) is 14.5. The van der Waals surface area contributed by atoms with Crippen LogP contribution in [0.25, 0.3) is 0 Å². The molecule has 1 aromatic heterocycles. The molecule has 0 atom stereocenters. The van der Waals surface area contributed by atoms with E-state index in [9.17, 15) is 9.59 Å². The molecule has 0 saturated heterocycles. The van der Waals surface area contributed by atoms with Crippen LogP contribution in [-0.4, -0.2) is 16.8 Å². The van der Waals surface area contributed by atoms with Crippen LogP contribution < -0.4 is 11.1 Å². The van der Waals surface area contributed by atoms with Crippen molar-refractivity contribution < 1.29 is 9.59 Å². The summed E-state index contributed by atoms with van der Waals surface area (Å²) >= 11 is 1.21. The van der Waals surface area contributed by atoms with Crippen molar-refractivity contribution >= 4 is 28.3 Å². The minimum Gasteiger partial charge on any atom is -0.369 e. The fourth-order valence-corrected chi connectivity index (χ4v) is 2.23. The fourth-order valence-electron chi connectivity index (χ4n) is 1.52. The zero-order valence-corrected chi connectivity index (χ0v) is 11.1. The lowest BCUT2D eigenvalue weighted by Gasteiger charge is -2.01. The molecule has 2 rings (SSSR count). The molecule has 0 radical (unpaired) electrons. The van der Waals surface area contributed by atoms with Gasteiger partial charge in [0.1, 0.15) is 0 Å². The van der Waals surface area contributed by atoms with Gasteiger partial charge in [-0.3, -0.25) is 14.9 Å². The van der Waals surface area contributed by atoms with Crippen LogP contribution in [-0.2, 0) is 11.2 Å². The molecule has 2 aromatic rings. The smallest absolute Gasteiger partial charge is 0.257 e. The molecule has 0 aliphatic heterocycles. The Hall–Kier alpha value is -2.72. The maximum atomic E-state index is 12.0. The second-order valence-electron chi connectivity index (χ2n) is 3.93. The molecule has 100 valence electrons. The first-order valence-corrected chi connectivity index (χ1v) is 6.50. The molecule has 0 bridgehead atoms. The van der Waals surface area contributed by atoms with Gasteiger partial charge in [-0.1, -0.05) is 6.07 Å². The number of carbonyl (C=O) groups is 2. The van der Waals surface area contributed by atoms with E-state index in [1.165, 1.54) is 17.4 Å². The summed E-state index contributed by atoms with van der Waals surface area (Å²) in [5.74, 6) is -0.836. The van der Waals surface area contributed by atoms with E-state index in [4.69, 9.17) is 11.0 Å². The third kappa shape index (κ3) is 3.40. The van der Waals surface area contributed by atoms with Crippen molar-refractivity contribution in [1.82, 2.24) is 4.98 Å². The summed E-state index contributed by atoms with van der Waals surface area (Å²) in [6, 6.07) is 8.31. The molecule has 2 amide bonds. The van der Waals surface area contributed by atoms with Crippen molar-refractivity contribution in [2.24, 2.45) is 5.73 Å². The first-order valence-electron chi connectivity index (χ1n) is 5.62. The van der Waals surface area contributed by atoms with Crippen LogP contribution in [0.4, 0.5) is 5.13 Å². The lowest BCUT2D eigenvalue weighted by atomic mass is 10.1. The van der Waals surface area contributed by atoms with E-state index >= 15 is 0 Å². The highest BCUT2D eigenvalue weighted by molar-refractivity contribution is 7.14.